The smallest absolute Gasteiger partial charge is 0.478 e. The second-order valence-electron chi connectivity index (χ2n) is 11.8. The summed E-state index contributed by atoms with van der Waals surface area (Å²) in [5.74, 6) is -3.25. The maximum Gasteiger partial charge on any atom is 0.490 e. The molecule has 1 unspecified atom stereocenters. The van der Waals surface area contributed by atoms with Crippen molar-refractivity contribution in [2.24, 2.45) is 5.73 Å². The first kappa shape index (κ1) is 37.4. The van der Waals surface area contributed by atoms with Gasteiger partial charge in [-0.15, -0.1) is 0 Å². The van der Waals surface area contributed by atoms with Gasteiger partial charge in [0.1, 0.15) is 5.75 Å². The van der Waals surface area contributed by atoms with E-state index < -0.39 is 18.2 Å². The minimum absolute atomic E-state index is 0.157. The molecule has 1 aliphatic heterocycles. The molecular weight excluding hydrogens is 659 g/mol. The van der Waals surface area contributed by atoms with Crippen LogP contribution in [0.25, 0.3) is 0 Å². The van der Waals surface area contributed by atoms with E-state index in [-0.39, 0.29) is 36.1 Å². The zero-order valence-electron chi connectivity index (χ0n) is 27.0. The predicted octanol–water partition coefficient (Wildman–Crippen LogP) is 4.66. The Hall–Kier alpha value is -5.44. The topological polar surface area (TPSA) is 189 Å². The lowest BCUT2D eigenvalue weighted by Gasteiger charge is -2.26. The quantitative estimate of drug-likeness (QED) is 0.139. The number of carboxylic acids is 1. The number of aliphatic carboxylic acids is 1. The fourth-order valence-corrected chi connectivity index (χ4v) is 4.79. The van der Waals surface area contributed by atoms with Gasteiger partial charge in [0.05, 0.1) is 5.69 Å². The summed E-state index contributed by atoms with van der Waals surface area (Å²) in [4.78, 5) is 59.4. The van der Waals surface area contributed by atoms with Crippen molar-refractivity contribution in [3.8, 4) is 5.75 Å². The fourth-order valence-electron chi connectivity index (χ4n) is 4.79. The van der Waals surface area contributed by atoms with Crippen molar-refractivity contribution in [2.75, 3.05) is 23.7 Å². The molecule has 0 spiro atoms. The maximum absolute atomic E-state index is 12.9. The second kappa shape index (κ2) is 17.3. The van der Waals surface area contributed by atoms with Crippen LogP contribution in [0.15, 0.2) is 66.7 Å². The Bertz CT molecular complexity index is 1690. The van der Waals surface area contributed by atoms with Crippen LogP contribution in [0.4, 0.5) is 24.5 Å². The number of hydrogen-bond donors (Lipinski definition) is 6. The molecule has 12 nitrogen and oxygen atoms in total. The molecule has 266 valence electrons. The first-order valence-corrected chi connectivity index (χ1v) is 16.0. The van der Waals surface area contributed by atoms with Crippen LogP contribution in [0.1, 0.15) is 75.2 Å². The molecule has 0 radical (unpaired) electrons. The largest absolute Gasteiger partial charge is 0.490 e. The molecule has 7 N–H and O–H groups in total. The number of hydrogen-bond acceptors (Lipinski definition) is 7. The number of anilines is 2. The number of ether oxygens (including phenoxy) is 1. The molecule has 3 aromatic rings. The van der Waals surface area contributed by atoms with Gasteiger partial charge in [-0.2, -0.15) is 13.2 Å². The van der Waals surface area contributed by atoms with E-state index in [1.165, 1.54) is 0 Å². The van der Waals surface area contributed by atoms with Crippen molar-refractivity contribution < 1.29 is 47.0 Å². The highest BCUT2D eigenvalue weighted by molar-refractivity contribution is 6.05. The average molecular weight is 698 g/mol. The standard InChI is InChI=1S/C33H37N5O5.C2HF3O2/c34-16-3-1-2-4-17-35-30(39)23-6-5-7-26(19-23)37-31(40)22-10-8-21(9-11-22)18-29-33(42)38-27-15-12-24(20-28(27)43-29)32(41)36-25-13-14-25;3-2(4,5)1(6)7/h5-12,15,19-20,25,29H,1-4,13-14,16-18,34H2,(H,35,39)(H,36,41)(H,37,40)(H,38,42);(H,6,7). The Morgan fingerprint density at radius 2 is 1.52 bits per heavy atom. The molecule has 0 aromatic heterocycles. The Balaban J connectivity index is 0.000000727. The van der Waals surface area contributed by atoms with Crippen LogP contribution in [0.3, 0.4) is 0 Å². The Kier molecular flexibility index (Phi) is 12.9. The van der Waals surface area contributed by atoms with Crippen molar-refractivity contribution in [3.63, 3.8) is 0 Å². The number of carboxylic acid groups (broad SMARTS) is 1. The van der Waals surface area contributed by atoms with Gasteiger partial charge in [0.15, 0.2) is 6.10 Å². The van der Waals surface area contributed by atoms with E-state index in [0.29, 0.717) is 46.9 Å². The van der Waals surface area contributed by atoms with Crippen LogP contribution in [-0.2, 0) is 16.0 Å². The number of nitrogens with one attached hydrogen (secondary N) is 4. The van der Waals surface area contributed by atoms with Gasteiger partial charge in [-0.05, 0) is 86.3 Å². The maximum atomic E-state index is 12.9. The van der Waals surface area contributed by atoms with E-state index >= 15 is 0 Å². The molecule has 3 aromatic carbocycles. The zero-order chi connectivity index (χ0) is 36.3. The number of halogens is 3. The van der Waals surface area contributed by atoms with Gasteiger partial charge in [0.25, 0.3) is 23.6 Å². The molecule has 0 bridgehead atoms. The fraction of sp³-hybridized carbons (Fsp3) is 0.343. The second-order valence-corrected chi connectivity index (χ2v) is 11.8. The van der Waals surface area contributed by atoms with Crippen LogP contribution < -0.4 is 31.7 Å². The van der Waals surface area contributed by atoms with Crippen molar-refractivity contribution in [3.05, 3.63) is 89.0 Å². The van der Waals surface area contributed by atoms with Gasteiger partial charge in [-0.25, -0.2) is 4.79 Å². The average Bonchev–Trinajstić information content (AvgIpc) is 3.90. The number of carbonyl (C=O) groups is 5. The number of nitrogens with two attached hydrogens (primary N) is 1. The summed E-state index contributed by atoms with van der Waals surface area (Å²) in [6.07, 6.45) is 0.358. The van der Waals surface area contributed by atoms with Gasteiger partial charge < -0.3 is 36.8 Å². The first-order valence-electron chi connectivity index (χ1n) is 16.0. The monoisotopic (exact) mass is 697 g/mol. The van der Waals surface area contributed by atoms with Crippen LogP contribution in [0, 0.1) is 0 Å². The molecule has 5 rings (SSSR count). The van der Waals surface area contributed by atoms with Gasteiger partial charge >= 0.3 is 12.1 Å². The highest BCUT2D eigenvalue weighted by Crippen LogP contribution is 2.32. The lowest BCUT2D eigenvalue weighted by molar-refractivity contribution is -0.192. The third kappa shape index (κ3) is 11.3. The molecule has 1 heterocycles. The summed E-state index contributed by atoms with van der Waals surface area (Å²) < 4.78 is 37.7. The number of amides is 4. The molecule has 4 amide bonds. The highest BCUT2D eigenvalue weighted by Gasteiger charge is 2.38. The van der Waals surface area contributed by atoms with Gasteiger partial charge in [-0.1, -0.05) is 31.0 Å². The molecule has 1 atom stereocenters. The third-order valence-corrected chi connectivity index (χ3v) is 7.65. The Labute approximate surface area is 285 Å². The van der Waals surface area contributed by atoms with E-state index in [1.54, 1.807) is 66.7 Å². The van der Waals surface area contributed by atoms with E-state index in [2.05, 4.69) is 21.3 Å². The summed E-state index contributed by atoms with van der Waals surface area (Å²) >= 11 is 0. The molecule has 2 aliphatic rings. The SMILES string of the molecule is NCCCCCCNC(=O)c1cccc(NC(=O)c2ccc(CC3Oc4cc(C(=O)NC5CC5)ccc4NC3=O)cc2)c1.O=C(O)C(F)(F)F. The normalized spacial score (nSPS) is 14.9. The van der Waals surface area contributed by atoms with E-state index in [9.17, 15) is 32.3 Å². The van der Waals surface area contributed by atoms with Crippen molar-refractivity contribution >= 4 is 41.0 Å². The summed E-state index contributed by atoms with van der Waals surface area (Å²) in [6, 6.07) is 19.0. The number of carbonyl (C=O) groups excluding carboxylic acids is 4. The van der Waals surface area contributed by atoms with Crippen molar-refractivity contribution in [1.82, 2.24) is 10.6 Å². The van der Waals surface area contributed by atoms with Crippen LogP contribution in [0.5, 0.6) is 5.75 Å². The van der Waals surface area contributed by atoms with E-state index in [4.69, 9.17) is 20.4 Å². The van der Waals surface area contributed by atoms with Crippen LogP contribution in [-0.4, -0.2) is 66.1 Å². The summed E-state index contributed by atoms with van der Waals surface area (Å²) in [5.41, 5.74) is 8.74. The molecule has 1 fully saturated rings. The number of alkyl halides is 3. The van der Waals surface area contributed by atoms with Gasteiger partial charge in [0.2, 0.25) is 0 Å². The van der Waals surface area contributed by atoms with E-state index in [1.807, 2.05) is 0 Å². The third-order valence-electron chi connectivity index (χ3n) is 7.65. The van der Waals surface area contributed by atoms with Crippen LogP contribution in [0.2, 0.25) is 0 Å². The minimum Gasteiger partial charge on any atom is -0.478 e. The predicted molar refractivity (Wildman–Crippen MR) is 178 cm³/mol. The van der Waals surface area contributed by atoms with Crippen LogP contribution >= 0.6 is 0 Å². The lowest BCUT2D eigenvalue weighted by atomic mass is 10.0. The lowest BCUT2D eigenvalue weighted by Crippen LogP contribution is -2.38. The summed E-state index contributed by atoms with van der Waals surface area (Å²) in [5, 5.41) is 18.7. The zero-order valence-corrected chi connectivity index (χ0v) is 27.0. The Morgan fingerprint density at radius 3 is 2.18 bits per heavy atom. The van der Waals surface area contributed by atoms with Crippen molar-refractivity contribution in [2.45, 2.75) is 63.3 Å². The molecule has 0 saturated heterocycles. The molecular formula is C35H38F3N5O7. The van der Waals surface area contributed by atoms with Gasteiger partial charge in [-0.3, -0.25) is 19.2 Å². The molecule has 1 saturated carbocycles. The highest BCUT2D eigenvalue weighted by atomic mass is 19.4. The summed E-state index contributed by atoms with van der Waals surface area (Å²) in [7, 11) is 0. The number of fused-ring (bicyclic) bond motifs is 1. The first-order chi connectivity index (χ1) is 23.8. The van der Waals surface area contributed by atoms with Crippen molar-refractivity contribution in [1.29, 1.82) is 0 Å². The minimum atomic E-state index is -5.08. The Morgan fingerprint density at radius 1 is 0.860 bits per heavy atom. The molecule has 1 aliphatic carbocycles. The van der Waals surface area contributed by atoms with Gasteiger partial charge in [0, 0.05) is 41.4 Å². The van der Waals surface area contributed by atoms with E-state index in [0.717, 1.165) is 44.1 Å². The molecule has 15 heteroatoms. The summed E-state index contributed by atoms with van der Waals surface area (Å²) in [6.45, 7) is 1.27. The number of rotatable bonds is 13. The number of unbranched alkanes of at least 4 members (excludes halogenated alkanes) is 3. The molecule has 50 heavy (non-hydrogen) atoms. The number of benzene rings is 3.